The minimum Gasteiger partial charge on any atom is -0.493 e. The van der Waals surface area contributed by atoms with Crippen molar-refractivity contribution in [1.82, 2.24) is 10.2 Å². The van der Waals surface area contributed by atoms with Crippen molar-refractivity contribution >= 4 is 27.7 Å². The van der Waals surface area contributed by atoms with E-state index in [-0.39, 0.29) is 17.2 Å². The van der Waals surface area contributed by atoms with Gasteiger partial charge in [0.05, 0.1) is 18.6 Å². The van der Waals surface area contributed by atoms with Crippen molar-refractivity contribution in [2.45, 2.75) is 69.9 Å². The van der Waals surface area contributed by atoms with Crippen LogP contribution >= 0.6 is 0 Å². The van der Waals surface area contributed by atoms with Crippen molar-refractivity contribution in [2.24, 2.45) is 5.92 Å². The van der Waals surface area contributed by atoms with Gasteiger partial charge in [-0.05, 0) is 82.1 Å². The highest BCUT2D eigenvalue weighted by atomic mass is 32.2. The summed E-state index contributed by atoms with van der Waals surface area (Å²) in [4.78, 5) is 28.7. The van der Waals surface area contributed by atoms with Crippen LogP contribution in [0.15, 0.2) is 48.5 Å². The van der Waals surface area contributed by atoms with Crippen LogP contribution in [0, 0.1) is 5.92 Å². The summed E-state index contributed by atoms with van der Waals surface area (Å²) < 4.78 is 38.1. The molecule has 1 N–H and O–H groups in total. The molecule has 0 aliphatic carbocycles. The number of likely N-dealkylation sites (tertiary alicyclic amines) is 1. The number of nitrogens with one attached hydrogen (secondary N) is 1. The smallest absolute Gasteiger partial charge is 0.408 e. The molecule has 10 heteroatoms. The van der Waals surface area contributed by atoms with E-state index in [2.05, 4.69) is 11.4 Å². The average molecular weight is 584 g/mol. The third-order valence-electron chi connectivity index (χ3n) is 8.45. The zero-order chi connectivity index (χ0) is 29.4. The first kappa shape index (κ1) is 29.2. The highest BCUT2D eigenvalue weighted by molar-refractivity contribution is 7.92. The Balaban J connectivity index is 1.32. The summed E-state index contributed by atoms with van der Waals surface area (Å²) in [7, 11) is -3.42. The number of fused-ring (bicyclic) bond motifs is 3. The quantitative estimate of drug-likeness (QED) is 0.564. The predicted octanol–water partition coefficient (Wildman–Crippen LogP) is 4.25. The second kappa shape index (κ2) is 11.2. The first-order valence-corrected chi connectivity index (χ1v) is 16.3. The minimum atomic E-state index is -3.42. The largest absolute Gasteiger partial charge is 0.493 e. The lowest BCUT2D eigenvalue weighted by atomic mass is 9.74. The molecule has 3 heterocycles. The number of alkyl carbamates (subject to hydrolysis) is 1. The van der Waals surface area contributed by atoms with E-state index in [0.717, 1.165) is 35.4 Å². The van der Waals surface area contributed by atoms with Gasteiger partial charge in [0.25, 0.3) is 0 Å². The van der Waals surface area contributed by atoms with Gasteiger partial charge in [-0.1, -0.05) is 36.4 Å². The first-order valence-electron chi connectivity index (χ1n) is 14.4. The lowest BCUT2D eigenvalue weighted by Gasteiger charge is -2.41. The van der Waals surface area contributed by atoms with Crippen LogP contribution in [0.5, 0.6) is 5.75 Å². The van der Waals surface area contributed by atoms with Crippen molar-refractivity contribution < 1.29 is 27.5 Å². The maximum absolute atomic E-state index is 14.0. The van der Waals surface area contributed by atoms with Crippen LogP contribution in [0.3, 0.4) is 0 Å². The van der Waals surface area contributed by atoms with Gasteiger partial charge in [-0.25, -0.2) is 13.2 Å². The van der Waals surface area contributed by atoms with Gasteiger partial charge >= 0.3 is 6.09 Å². The fraction of sp³-hybridized carbons (Fsp3) is 0.548. The third-order valence-corrected chi connectivity index (χ3v) is 9.57. The molecule has 0 unspecified atom stereocenters. The summed E-state index contributed by atoms with van der Waals surface area (Å²) in [5.74, 6) is 0.887. The molecule has 41 heavy (non-hydrogen) atoms. The third kappa shape index (κ3) is 6.47. The number of sulfonamides is 1. The number of piperidine rings is 1. The Morgan fingerprint density at radius 3 is 2.49 bits per heavy atom. The molecule has 2 amide bonds. The topological polar surface area (TPSA) is 105 Å². The van der Waals surface area contributed by atoms with Crippen LogP contribution in [0.25, 0.3) is 0 Å². The van der Waals surface area contributed by atoms with Gasteiger partial charge in [0.1, 0.15) is 17.4 Å². The van der Waals surface area contributed by atoms with Gasteiger partial charge in [0.2, 0.25) is 15.9 Å². The zero-order valence-electron chi connectivity index (χ0n) is 24.4. The Morgan fingerprint density at radius 1 is 1.10 bits per heavy atom. The van der Waals surface area contributed by atoms with E-state index in [1.54, 1.807) is 20.8 Å². The van der Waals surface area contributed by atoms with Gasteiger partial charge in [-0.2, -0.15) is 0 Å². The molecule has 0 bridgehead atoms. The van der Waals surface area contributed by atoms with Crippen molar-refractivity contribution in [3.8, 4) is 5.75 Å². The van der Waals surface area contributed by atoms with Crippen molar-refractivity contribution in [3.05, 3.63) is 59.7 Å². The minimum absolute atomic E-state index is 0.129. The standard InChI is InChI=1S/C31H41N3O6S/c1-30(2,3)40-29(36)32-25(20-22-13-18-39-27-12-8-5-9-23(27)19-22)28(35)33-16-14-31(15-17-33)21-34(41(4,37)38)26-11-7-6-10-24(26)31/h5-12,22,25H,13-21H2,1-4H3,(H,32,36)/t22-,25+/m1/s1. The van der Waals surface area contributed by atoms with Crippen LogP contribution in [0.2, 0.25) is 0 Å². The van der Waals surface area contributed by atoms with Gasteiger partial charge in [0, 0.05) is 25.0 Å². The number of amides is 2. The Bertz CT molecular complexity index is 1390. The zero-order valence-corrected chi connectivity index (χ0v) is 25.2. The van der Waals surface area contributed by atoms with Gasteiger partial charge in [0.15, 0.2) is 0 Å². The van der Waals surface area contributed by atoms with E-state index < -0.39 is 27.8 Å². The molecule has 0 radical (unpaired) electrons. The maximum atomic E-state index is 14.0. The van der Waals surface area contributed by atoms with E-state index in [1.165, 1.54) is 10.6 Å². The van der Waals surface area contributed by atoms with E-state index in [4.69, 9.17) is 9.47 Å². The van der Waals surface area contributed by atoms with Crippen LogP contribution < -0.4 is 14.4 Å². The Morgan fingerprint density at radius 2 is 1.78 bits per heavy atom. The number of benzene rings is 2. The molecule has 222 valence electrons. The molecule has 3 aliphatic rings. The highest BCUT2D eigenvalue weighted by Crippen LogP contribution is 2.48. The highest BCUT2D eigenvalue weighted by Gasteiger charge is 2.48. The average Bonchev–Trinajstić information content (AvgIpc) is 3.08. The van der Waals surface area contributed by atoms with Crippen LogP contribution in [0.1, 0.15) is 57.6 Å². The second-order valence-electron chi connectivity index (χ2n) is 12.6. The lowest BCUT2D eigenvalue weighted by molar-refractivity contribution is -0.135. The Hall–Kier alpha value is -3.27. The van der Waals surface area contributed by atoms with E-state index in [9.17, 15) is 18.0 Å². The summed E-state index contributed by atoms with van der Waals surface area (Å²) >= 11 is 0. The molecule has 2 atom stereocenters. The molecule has 1 saturated heterocycles. The lowest BCUT2D eigenvalue weighted by Crippen LogP contribution is -2.54. The summed E-state index contributed by atoms with van der Waals surface area (Å²) in [6.07, 6.45) is 3.93. The van der Waals surface area contributed by atoms with Crippen molar-refractivity contribution in [3.63, 3.8) is 0 Å². The molecule has 3 aliphatic heterocycles. The summed E-state index contributed by atoms with van der Waals surface area (Å²) in [5.41, 5.74) is 1.83. The second-order valence-corrected chi connectivity index (χ2v) is 14.5. The monoisotopic (exact) mass is 583 g/mol. The molecule has 2 aromatic carbocycles. The molecule has 9 nitrogen and oxygen atoms in total. The van der Waals surface area contributed by atoms with Gasteiger partial charge < -0.3 is 19.7 Å². The fourth-order valence-electron chi connectivity index (χ4n) is 6.45. The number of hydrogen-bond donors (Lipinski definition) is 1. The number of carbonyl (C=O) groups excluding carboxylic acids is 2. The number of carbonyl (C=O) groups is 2. The van der Waals surface area contributed by atoms with E-state index in [0.29, 0.717) is 45.5 Å². The molecule has 2 aromatic rings. The molecular formula is C31H41N3O6S. The Labute approximate surface area is 243 Å². The number of para-hydroxylation sites is 2. The number of hydrogen-bond acceptors (Lipinski definition) is 6. The summed E-state index contributed by atoms with van der Waals surface area (Å²) in [5, 5.41) is 2.89. The molecule has 1 fully saturated rings. The molecule has 5 rings (SSSR count). The molecule has 0 saturated carbocycles. The fourth-order valence-corrected chi connectivity index (χ4v) is 7.45. The van der Waals surface area contributed by atoms with Crippen LogP contribution in [0.4, 0.5) is 10.5 Å². The SMILES string of the molecule is CC(C)(C)OC(=O)N[C@@H](C[C@@H]1CCOc2ccccc2C1)C(=O)N1CCC2(CC1)CN(S(C)(=O)=O)c1ccccc12. The van der Waals surface area contributed by atoms with E-state index in [1.807, 2.05) is 47.4 Å². The van der Waals surface area contributed by atoms with Crippen molar-refractivity contribution in [2.75, 3.05) is 36.8 Å². The molecule has 1 spiro atoms. The van der Waals surface area contributed by atoms with E-state index >= 15 is 0 Å². The Kier molecular flexibility index (Phi) is 7.98. The maximum Gasteiger partial charge on any atom is 0.408 e. The predicted molar refractivity (Wildman–Crippen MR) is 158 cm³/mol. The van der Waals surface area contributed by atoms with Crippen LogP contribution in [-0.2, 0) is 31.4 Å². The van der Waals surface area contributed by atoms with Gasteiger partial charge in [-0.3, -0.25) is 9.10 Å². The molecular weight excluding hydrogens is 542 g/mol. The number of anilines is 1. The summed E-state index contributed by atoms with van der Waals surface area (Å²) in [6.45, 7) is 7.29. The van der Waals surface area contributed by atoms with Crippen molar-refractivity contribution in [1.29, 1.82) is 0 Å². The number of rotatable bonds is 5. The number of ether oxygens (including phenoxy) is 2. The summed E-state index contributed by atoms with van der Waals surface area (Å²) in [6, 6.07) is 14.9. The van der Waals surface area contributed by atoms with Gasteiger partial charge in [-0.15, -0.1) is 0 Å². The molecule has 0 aromatic heterocycles. The first-order chi connectivity index (χ1) is 19.3. The number of nitrogens with zero attached hydrogens (tertiary/aromatic N) is 2. The normalized spacial score (nSPS) is 20.8. The van der Waals surface area contributed by atoms with Crippen LogP contribution in [-0.4, -0.2) is 69.5 Å².